The van der Waals surface area contributed by atoms with Gasteiger partial charge in [-0.25, -0.2) is 9.07 Å². The average molecular weight is 388 g/mol. The van der Waals surface area contributed by atoms with Crippen molar-refractivity contribution in [3.63, 3.8) is 0 Å². The number of rotatable bonds is 5. The topological polar surface area (TPSA) is 95.7 Å². The predicted molar refractivity (Wildman–Crippen MR) is 97.4 cm³/mol. The molecule has 3 aromatic heterocycles. The molecule has 2 N–H and O–H groups in total. The predicted octanol–water partition coefficient (Wildman–Crippen LogP) is 3.76. The van der Waals surface area contributed by atoms with E-state index in [-0.39, 0.29) is 11.1 Å². The summed E-state index contributed by atoms with van der Waals surface area (Å²) in [7, 11) is 0. The number of halogens is 1. The smallest absolute Gasteiger partial charge is 0.257 e. The Labute approximate surface area is 156 Å². The number of nitrogen functional groups attached to an aromatic ring is 1. The number of hydrogen-bond acceptors (Lipinski definition) is 8. The normalized spacial score (nSPS) is 12.4. The molecule has 1 atom stereocenters. The Bertz CT molecular complexity index is 1030. The zero-order valence-corrected chi connectivity index (χ0v) is 15.2. The first-order valence-electron chi connectivity index (χ1n) is 7.63. The number of nitrogens with two attached hydrogens (primary N) is 1. The standard InChI is InChI=1S/C16H13FN6OS2/c1-9(14-20-21-15(24-14)12-7-4-8-25-12)26-16-22-19-13(23(16)18)10-5-2-3-6-11(10)17/h2-9H,18H2,1H3/t9-/m1/s1. The molecular formula is C16H13FN6OS2. The van der Waals surface area contributed by atoms with Crippen LogP contribution in [0.4, 0.5) is 4.39 Å². The maximum atomic E-state index is 14.0. The summed E-state index contributed by atoms with van der Waals surface area (Å²) in [6, 6.07) is 10.1. The first-order valence-corrected chi connectivity index (χ1v) is 9.38. The second-order valence-electron chi connectivity index (χ2n) is 5.34. The van der Waals surface area contributed by atoms with Crippen LogP contribution in [0.2, 0.25) is 0 Å². The first-order chi connectivity index (χ1) is 12.6. The zero-order chi connectivity index (χ0) is 18.1. The highest BCUT2D eigenvalue weighted by Crippen LogP contribution is 2.35. The second kappa shape index (κ2) is 6.89. The Kier molecular flexibility index (Phi) is 4.43. The summed E-state index contributed by atoms with van der Waals surface area (Å²) in [5, 5.41) is 18.4. The van der Waals surface area contributed by atoms with Gasteiger partial charge in [-0.15, -0.1) is 31.7 Å². The third kappa shape index (κ3) is 3.08. The van der Waals surface area contributed by atoms with Gasteiger partial charge in [0.15, 0.2) is 5.82 Å². The van der Waals surface area contributed by atoms with Crippen LogP contribution < -0.4 is 5.84 Å². The Morgan fingerprint density at radius 3 is 2.77 bits per heavy atom. The van der Waals surface area contributed by atoms with Crippen molar-refractivity contribution in [2.75, 3.05) is 5.84 Å². The van der Waals surface area contributed by atoms with E-state index in [4.69, 9.17) is 10.3 Å². The van der Waals surface area contributed by atoms with Crippen molar-refractivity contribution in [1.29, 1.82) is 0 Å². The SMILES string of the molecule is C[C@@H](Sc1nnc(-c2ccccc2F)n1N)c1nnc(-c2cccs2)o1. The van der Waals surface area contributed by atoms with Crippen molar-refractivity contribution in [3.8, 4) is 22.2 Å². The molecule has 0 amide bonds. The van der Waals surface area contributed by atoms with E-state index < -0.39 is 5.82 Å². The highest BCUT2D eigenvalue weighted by molar-refractivity contribution is 7.99. The van der Waals surface area contributed by atoms with Crippen molar-refractivity contribution < 1.29 is 8.81 Å². The molecule has 0 aliphatic carbocycles. The van der Waals surface area contributed by atoms with Gasteiger partial charge in [-0.2, -0.15) is 0 Å². The summed E-state index contributed by atoms with van der Waals surface area (Å²) in [6.45, 7) is 1.90. The molecule has 0 aliphatic rings. The maximum absolute atomic E-state index is 14.0. The quantitative estimate of drug-likeness (QED) is 0.411. The first kappa shape index (κ1) is 16.7. The Morgan fingerprint density at radius 1 is 1.15 bits per heavy atom. The Hall–Kier alpha value is -2.72. The molecular weight excluding hydrogens is 375 g/mol. The van der Waals surface area contributed by atoms with Crippen LogP contribution in [0.15, 0.2) is 51.4 Å². The third-order valence-electron chi connectivity index (χ3n) is 3.58. The van der Waals surface area contributed by atoms with Crippen LogP contribution in [0.5, 0.6) is 0 Å². The fraction of sp³-hybridized carbons (Fsp3) is 0.125. The summed E-state index contributed by atoms with van der Waals surface area (Å²) in [6.07, 6.45) is 0. The Morgan fingerprint density at radius 2 is 2.00 bits per heavy atom. The minimum atomic E-state index is -0.409. The van der Waals surface area contributed by atoms with Crippen LogP contribution in [0.25, 0.3) is 22.2 Å². The summed E-state index contributed by atoms with van der Waals surface area (Å²) < 4.78 is 20.9. The Balaban J connectivity index is 1.55. The fourth-order valence-corrected chi connectivity index (χ4v) is 3.74. The van der Waals surface area contributed by atoms with Crippen molar-refractivity contribution in [2.24, 2.45) is 0 Å². The van der Waals surface area contributed by atoms with Crippen LogP contribution in [-0.2, 0) is 0 Å². The van der Waals surface area contributed by atoms with Crippen molar-refractivity contribution in [2.45, 2.75) is 17.3 Å². The molecule has 4 aromatic rings. The van der Waals surface area contributed by atoms with E-state index >= 15 is 0 Å². The van der Waals surface area contributed by atoms with Gasteiger partial charge in [0.05, 0.1) is 15.7 Å². The van der Waals surface area contributed by atoms with E-state index in [0.717, 1.165) is 4.88 Å². The average Bonchev–Trinajstić information content (AvgIpc) is 3.37. The molecule has 0 bridgehead atoms. The van der Waals surface area contributed by atoms with Gasteiger partial charge in [0.1, 0.15) is 5.82 Å². The molecule has 10 heteroatoms. The van der Waals surface area contributed by atoms with Gasteiger partial charge in [0.2, 0.25) is 11.0 Å². The van der Waals surface area contributed by atoms with E-state index in [1.54, 1.807) is 18.2 Å². The van der Waals surface area contributed by atoms with Crippen molar-refractivity contribution >= 4 is 23.1 Å². The number of thiophene rings is 1. The van der Waals surface area contributed by atoms with E-state index in [1.807, 2.05) is 24.4 Å². The minimum Gasteiger partial charge on any atom is -0.419 e. The lowest BCUT2D eigenvalue weighted by atomic mass is 10.2. The molecule has 0 unspecified atom stereocenters. The van der Waals surface area contributed by atoms with Gasteiger partial charge < -0.3 is 10.3 Å². The molecule has 7 nitrogen and oxygen atoms in total. The monoisotopic (exact) mass is 388 g/mol. The molecule has 132 valence electrons. The lowest BCUT2D eigenvalue weighted by Crippen LogP contribution is -2.12. The molecule has 3 heterocycles. The summed E-state index contributed by atoms with van der Waals surface area (Å²) in [5.41, 5.74) is 0.291. The van der Waals surface area contributed by atoms with Gasteiger partial charge in [-0.1, -0.05) is 30.0 Å². The third-order valence-corrected chi connectivity index (χ3v) is 5.48. The van der Waals surface area contributed by atoms with Crippen LogP contribution >= 0.6 is 23.1 Å². The second-order valence-corrected chi connectivity index (χ2v) is 7.59. The molecule has 0 fully saturated rings. The van der Waals surface area contributed by atoms with Gasteiger partial charge >= 0.3 is 0 Å². The van der Waals surface area contributed by atoms with E-state index in [0.29, 0.717) is 22.5 Å². The van der Waals surface area contributed by atoms with Crippen LogP contribution in [0.3, 0.4) is 0 Å². The van der Waals surface area contributed by atoms with E-state index in [9.17, 15) is 4.39 Å². The highest BCUT2D eigenvalue weighted by atomic mass is 32.2. The van der Waals surface area contributed by atoms with E-state index in [1.165, 1.54) is 33.8 Å². The number of nitrogens with zero attached hydrogens (tertiary/aromatic N) is 5. The summed E-state index contributed by atoms with van der Waals surface area (Å²) in [4.78, 5) is 0.907. The fourth-order valence-electron chi connectivity index (χ4n) is 2.29. The van der Waals surface area contributed by atoms with Crippen LogP contribution in [0, 0.1) is 5.82 Å². The number of hydrogen-bond donors (Lipinski definition) is 1. The van der Waals surface area contributed by atoms with Gasteiger partial charge in [-0.05, 0) is 30.5 Å². The van der Waals surface area contributed by atoms with Crippen molar-refractivity contribution in [3.05, 3.63) is 53.5 Å². The molecule has 26 heavy (non-hydrogen) atoms. The van der Waals surface area contributed by atoms with E-state index in [2.05, 4.69) is 20.4 Å². The minimum absolute atomic E-state index is 0.198. The lowest BCUT2D eigenvalue weighted by molar-refractivity contribution is 0.510. The molecule has 4 rings (SSSR count). The summed E-state index contributed by atoms with van der Waals surface area (Å²) >= 11 is 2.83. The number of aromatic nitrogens is 5. The molecule has 0 radical (unpaired) electrons. The highest BCUT2D eigenvalue weighted by Gasteiger charge is 2.21. The molecule has 0 aliphatic heterocycles. The van der Waals surface area contributed by atoms with Crippen LogP contribution in [0.1, 0.15) is 18.1 Å². The summed E-state index contributed by atoms with van der Waals surface area (Å²) in [5.74, 6) is 6.82. The largest absolute Gasteiger partial charge is 0.419 e. The lowest BCUT2D eigenvalue weighted by Gasteiger charge is -2.07. The van der Waals surface area contributed by atoms with Crippen molar-refractivity contribution in [1.82, 2.24) is 25.1 Å². The van der Waals surface area contributed by atoms with Gasteiger partial charge in [-0.3, -0.25) is 0 Å². The van der Waals surface area contributed by atoms with Crippen LogP contribution in [-0.4, -0.2) is 25.1 Å². The molecule has 0 spiro atoms. The maximum Gasteiger partial charge on any atom is 0.257 e. The molecule has 1 aromatic carbocycles. The van der Waals surface area contributed by atoms with Gasteiger partial charge in [0, 0.05) is 0 Å². The number of benzene rings is 1. The molecule has 0 saturated carbocycles. The van der Waals surface area contributed by atoms with Gasteiger partial charge in [0.25, 0.3) is 5.89 Å². The number of thioether (sulfide) groups is 1. The zero-order valence-electron chi connectivity index (χ0n) is 13.5. The molecule has 0 saturated heterocycles.